The minimum Gasteiger partial charge on any atom is -0.378 e. The van der Waals surface area contributed by atoms with Gasteiger partial charge >= 0.3 is 0 Å². The molecular weight excluding hydrogens is 192 g/mol. The summed E-state index contributed by atoms with van der Waals surface area (Å²) in [7, 11) is 0. The zero-order valence-corrected chi connectivity index (χ0v) is 9.15. The number of likely N-dealkylation sites (tertiary alicyclic amines) is 1. The fraction of sp³-hybridized carbons (Fsp3) is 0.909. The third-order valence-electron chi connectivity index (χ3n) is 2.72. The van der Waals surface area contributed by atoms with E-state index in [1.54, 1.807) is 0 Å². The van der Waals surface area contributed by atoms with Crippen LogP contribution in [-0.4, -0.2) is 43.9 Å². The van der Waals surface area contributed by atoms with Gasteiger partial charge in [0.05, 0.1) is 18.8 Å². The average molecular weight is 211 g/mol. The van der Waals surface area contributed by atoms with E-state index in [4.69, 9.17) is 10.00 Å². The van der Waals surface area contributed by atoms with Gasteiger partial charge in [-0.05, 0) is 19.3 Å². The molecule has 0 aromatic heterocycles. The summed E-state index contributed by atoms with van der Waals surface area (Å²) in [5.74, 6) is 0. The molecule has 0 bridgehead atoms. The Hall–Kier alpha value is -0.630. The standard InChI is InChI=1S/C11H19N2O2/c12-5-1-6-13-7-3-11(4-8-13)15-10-2-9-14/h11H,1-4,6-10H2. The SMILES string of the molecule is N#CCCN1CCC(OCCC[O])CC1. The fourth-order valence-corrected chi connectivity index (χ4v) is 1.82. The first-order valence-electron chi connectivity index (χ1n) is 5.66. The molecule has 1 aliphatic heterocycles. The minimum atomic E-state index is -0.0407. The van der Waals surface area contributed by atoms with Gasteiger partial charge in [-0.3, -0.25) is 0 Å². The van der Waals surface area contributed by atoms with Crippen LogP contribution in [0.5, 0.6) is 0 Å². The van der Waals surface area contributed by atoms with E-state index in [9.17, 15) is 5.11 Å². The van der Waals surface area contributed by atoms with Gasteiger partial charge in [-0.2, -0.15) is 5.26 Å². The van der Waals surface area contributed by atoms with Crippen molar-refractivity contribution in [3.8, 4) is 6.07 Å². The van der Waals surface area contributed by atoms with Crippen LogP contribution in [-0.2, 0) is 9.84 Å². The molecule has 15 heavy (non-hydrogen) atoms. The van der Waals surface area contributed by atoms with Gasteiger partial charge in [0.1, 0.15) is 0 Å². The van der Waals surface area contributed by atoms with Crippen molar-refractivity contribution in [3.63, 3.8) is 0 Å². The number of hydrogen-bond donors (Lipinski definition) is 0. The molecule has 1 aliphatic rings. The summed E-state index contributed by atoms with van der Waals surface area (Å²) in [6.07, 6.45) is 3.63. The Kier molecular flexibility index (Phi) is 6.33. The summed E-state index contributed by atoms with van der Waals surface area (Å²) in [5, 5.41) is 18.7. The smallest absolute Gasteiger partial charge is 0.0844 e. The molecule has 0 aliphatic carbocycles. The van der Waals surface area contributed by atoms with Crippen LogP contribution >= 0.6 is 0 Å². The molecule has 4 heteroatoms. The van der Waals surface area contributed by atoms with E-state index in [2.05, 4.69) is 11.0 Å². The second-order valence-electron chi connectivity index (χ2n) is 3.88. The zero-order chi connectivity index (χ0) is 10.9. The third-order valence-corrected chi connectivity index (χ3v) is 2.72. The summed E-state index contributed by atoms with van der Waals surface area (Å²) in [6, 6.07) is 2.16. The Labute approximate surface area is 91.4 Å². The van der Waals surface area contributed by atoms with Gasteiger partial charge in [-0.1, -0.05) is 0 Å². The maximum absolute atomic E-state index is 10.2. The Morgan fingerprint density at radius 1 is 1.40 bits per heavy atom. The van der Waals surface area contributed by atoms with E-state index in [1.807, 2.05) is 0 Å². The maximum atomic E-state index is 10.2. The first kappa shape index (κ1) is 12.4. The molecule has 0 unspecified atom stereocenters. The van der Waals surface area contributed by atoms with E-state index in [0.717, 1.165) is 32.5 Å². The van der Waals surface area contributed by atoms with Crippen molar-refractivity contribution in [1.29, 1.82) is 5.26 Å². The van der Waals surface area contributed by atoms with Crippen LogP contribution < -0.4 is 0 Å². The highest BCUT2D eigenvalue weighted by atomic mass is 16.5. The first-order valence-corrected chi connectivity index (χ1v) is 5.66. The second-order valence-corrected chi connectivity index (χ2v) is 3.88. The molecule has 0 N–H and O–H groups in total. The Bertz CT molecular complexity index is 195. The largest absolute Gasteiger partial charge is 0.378 e. The minimum absolute atomic E-state index is 0.0407. The highest BCUT2D eigenvalue weighted by Gasteiger charge is 2.18. The van der Waals surface area contributed by atoms with Crippen LogP contribution in [0.1, 0.15) is 25.7 Å². The molecule has 0 amide bonds. The molecule has 1 heterocycles. The van der Waals surface area contributed by atoms with Crippen molar-refractivity contribution in [2.45, 2.75) is 31.8 Å². The van der Waals surface area contributed by atoms with Crippen molar-refractivity contribution in [3.05, 3.63) is 0 Å². The summed E-state index contributed by atoms with van der Waals surface area (Å²) in [6.45, 7) is 3.48. The number of nitrogens with zero attached hydrogens (tertiary/aromatic N) is 2. The van der Waals surface area contributed by atoms with Gasteiger partial charge < -0.3 is 9.64 Å². The van der Waals surface area contributed by atoms with Crippen molar-refractivity contribution in [1.82, 2.24) is 4.90 Å². The Balaban J connectivity index is 2.05. The fourth-order valence-electron chi connectivity index (χ4n) is 1.82. The van der Waals surface area contributed by atoms with Crippen molar-refractivity contribution in [2.24, 2.45) is 0 Å². The lowest BCUT2D eigenvalue weighted by Crippen LogP contribution is -2.37. The molecule has 0 saturated carbocycles. The molecule has 1 fully saturated rings. The zero-order valence-electron chi connectivity index (χ0n) is 9.15. The Morgan fingerprint density at radius 2 is 2.13 bits per heavy atom. The van der Waals surface area contributed by atoms with Gasteiger partial charge in [0.25, 0.3) is 0 Å². The summed E-state index contributed by atoms with van der Waals surface area (Å²) in [4.78, 5) is 2.30. The molecular formula is C11H19N2O2. The van der Waals surface area contributed by atoms with Crippen LogP contribution in [0.4, 0.5) is 0 Å². The van der Waals surface area contributed by atoms with Gasteiger partial charge in [0, 0.05) is 32.7 Å². The predicted octanol–water partition coefficient (Wildman–Crippen LogP) is 1.20. The van der Waals surface area contributed by atoms with E-state index in [0.29, 0.717) is 25.6 Å². The molecule has 1 radical (unpaired) electrons. The van der Waals surface area contributed by atoms with E-state index < -0.39 is 0 Å². The van der Waals surface area contributed by atoms with Crippen molar-refractivity contribution in [2.75, 3.05) is 32.8 Å². The predicted molar refractivity (Wildman–Crippen MR) is 55.8 cm³/mol. The summed E-state index contributed by atoms with van der Waals surface area (Å²) in [5.41, 5.74) is 0. The highest BCUT2D eigenvalue weighted by Crippen LogP contribution is 2.13. The summed E-state index contributed by atoms with van der Waals surface area (Å²) >= 11 is 0. The highest BCUT2D eigenvalue weighted by molar-refractivity contribution is 4.77. The number of ether oxygens (including phenoxy) is 1. The average Bonchev–Trinajstić information content (AvgIpc) is 2.28. The maximum Gasteiger partial charge on any atom is 0.0844 e. The third kappa shape index (κ3) is 5.12. The Morgan fingerprint density at radius 3 is 2.73 bits per heavy atom. The van der Waals surface area contributed by atoms with Crippen LogP contribution in [0.15, 0.2) is 0 Å². The molecule has 0 atom stereocenters. The molecule has 1 saturated heterocycles. The van der Waals surface area contributed by atoms with Crippen LogP contribution in [0.25, 0.3) is 0 Å². The van der Waals surface area contributed by atoms with E-state index in [1.165, 1.54) is 0 Å². The quantitative estimate of drug-likeness (QED) is 0.620. The molecule has 85 valence electrons. The number of nitriles is 1. The lowest BCUT2D eigenvalue weighted by molar-refractivity contribution is -0.000607. The van der Waals surface area contributed by atoms with Crippen LogP contribution in [0, 0.1) is 11.3 Å². The first-order chi connectivity index (χ1) is 7.36. The van der Waals surface area contributed by atoms with E-state index >= 15 is 0 Å². The summed E-state index contributed by atoms with van der Waals surface area (Å²) < 4.78 is 5.58. The van der Waals surface area contributed by atoms with Gasteiger partial charge in [0.2, 0.25) is 0 Å². The lowest BCUT2D eigenvalue weighted by Gasteiger charge is -2.31. The van der Waals surface area contributed by atoms with Gasteiger partial charge in [0.15, 0.2) is 0 Å². The molecule has 4 nitrogen and oxygen atoms in total. The second kappa shape index (κ2) is 7.63. The monoisotopic (exact) mass is 211 g/mol. The normalized spacial score (nSPS) is 18.9. The van der Waals surface area contributed by atoms with Crippen molar-refractivity contribution >= 4 is 0 Å². The van der Waals surface area contributed by atoms with Gasteiger partial charge in [-0.15, -0.1) is 0 Å². The molecule has 0 spiro atoms. The molecule has 0 aromatic carbocycles. The lowest BCUT2D eigenvalue weighted by atomic mass is 10.1. The number of piperidine rings is 1. The molecule has 0 aromatic rings. The van der Waals surface area contributed by atoms with Crippen LogP contribution in [0.3, 0.4) is 0 Å². The van der Waals surface area contributed by atoms with Crippen LogP contribution in [0.2, 0.25) is 0 Å². The van der Waals surface area contributed by atoms with Gasteiger partial charge in [-0.25, -0.2) is 5.11 Å². The topological polar surface area (TPSA) is 56.2 Å². The number of rotatable bonds is 6. The molecule has 1 rings (SSSR count). The number of hydrogen-bond acceptors (Lipinski definition) is 3. The van der Waals surface area contributed by atoms with E-state index in [-0.39, 0.29) is 6.61 Å². The van der Waals surface area contributed by atoms with Crippen molar-refractivity contribution < 1.29 is 9.84 Å².